The van der Waals surface area contributed by atoms with Gasteiger partial charge in [0.25, 0.3) is 10.0 Å². The summed E-state index contributed by atoms with van der Waals surface area (Å²) in [5, 5.41) is 9.84. The molecule has 0 aliphatic carbocycles. The van der Waals surface area contributed by atoms with Crippen molar-refractivity contribution in [1.29, 1.82) is 0 Å². The molecule has 1 aliphatic heterocycles. The van der Waals surface area contributed by atoms with Crippen molar-refractivity contribution >= 4 is 10.0 Å². The third kappa shape index (κ3) is 2.90. The molecule has 1 aromatic rings. The Balaban J connectivity index is 1.94. The Hall–Kier alpha value is -0.920. The predicted octanol–water partition coefficient (Wildman–Crippen LogP) is 0.562. The van der Waals surface area contributed by atoms with Gasteiger partial charge in [-0.1, -0.05) is 6.92 Å². The summed E-state index contributed by atoms with van der Waals surface area (Å²) in [6.07, 6.45) is 4.30. The highest BCUT2D eigenvalue weighted by atomic mass is 32.2. The van der Waals surface area contributed by atoms with Gasteiger partial charge in [-0.15, -0.1) is 0 Å². The molecule has 18 heavy (non-hydrogen) atoms. The summed E-state index contributed by atoms with van der Waals surface area (Å²) in [4.78, 5) is 0. The molecule has 1 fully saturated rings. The zero-order valence-electron chi connectivity index (χ0n) is 10.6. The molecule has 0 spiro atoms. The third-order valence-electron chi connectivity index (χ3n) is 3.23. The Kier molecular flexibility index (Phi) is 4.36. The lowest BCUT2D eigenvalue weighted by Crippen LogP contribution is -2.45. The molecular weight excluding hydrogens is 252 g/mol. The van der Waals surface area contributed by atoms with Crippen LogP contribution in [0.5, 0.6) is 0 Å². The highest BCUT2D eigenvalue weighted by molar-refractivity contribution is 7.89. The maximum absolute atomic E-state index is 12.2. The van der Waals surface area contributed by atoms with E-state index in [1.54, 1.807) is 0 Å². The van der Waals surface area contributed by atoms with E-state index in [-0.39, 0.29) is 5.03 Å². The van der Waals surface area contributed by atoms with Crippen molar-refractivity contribution in [3.8, 4) is 0 Å². The SMILES string of the molecule is CCCNC1CCN(S(=O)(=O)c2ccn[nH]2)CC1. The smallest absolute Gasteiger partial charge is 0.259 e. The highest BCUT2D eigenvalue weighted by Gasteiger charge is 2.29. The summed E-state index contributed by atoms with van der Waals surface area (Å²) >= 11 is 0. The fraction of sp³-hybridized carbons (Fsp3) is 0.727. The maximum atomic E-state index is 12.2. The van der Waals surface area contributed by atoms with Gasteiger partial charge in [0.15, 0.2) is 5.03 Å². The summed E-state index contributed by atoms with van der Waals surface area (Å²) in [6, 6.07) is 1.94. The van der Waals surface area contributed by atoms with Crippen molar-refractivity contribution in [2.45, 2.75) is 37.3 Å². The number of H-pyrrole nitrogens is 1. The molecule has 0 radical (unpaired) electrons. The van der Waals surface area contributed by atoms with Gasteiger partial charge >= 0.3 is 0 Å². The van der Waals surface area contributed by atoms with Crippen LogP contribution in [0.2, 0.25) is 0 Å². The molecule has 0 amide bonds. The van der Waals surface area contributed by atoms with Gasteiger partial charge in [0.05, 0.1) is 6.20 Å². The van der Waals surface area contributed by atoms with Crippen LogP contribution in [0.3, 0.4) is 0 Å². The van der Waals surface area contributed by atoms with E-state index < -0.39 is 10.0 Å². The van der Waals surface area contributed by atoms with Crippen LogP contribution in [0.25, 0.3) is 0 Å². The van der Waals surface area contributed by atoms with Crippen LogP contribution in [-0.4, -0.2) is 48.6 Å². The first-order valence-electron chi connectivity index (χ1n) is 6.37. The van der Waals surface area contributed by atoms with Gasteiger partial charge in [0.1, 0.15) is 0 Å². The van der Waals surface area contributed by atoms with Gasteiger partial charge in [-0.25, -0.2) is 8.42 Å². The first-order chi connectivity index (χ1) is 8.64. The molecule has 7 heteroatoms. The molecule has 2 N–H and O–H groups in total. The summed E-state index contributed by atoms with van der Waals surface area (Å²) in [6.45, 7) is 4.27. The minimum Gasteiger partial charge on any atom is -0.314 e. The predicted molar refractivity (Wildman–Crippen MR) is 68.7 cm³/mol. The molecule has 6 nitrogen and oxygen atoms in total. The first kappa shape index (κ1) is 13.5. The number of piperidine rings is 1. The number of hydrogen-bond acceptors (Lipinski definition) is 4. The number of rotatable bonds is 5. The van der Waals surface area contributed by atoms with E-state index in [9.17, 15) is 8.42 Å². The Morgan fingerprint density at radius 2 is 2.22 bits per heavy atom. The second-order valence-corrected chi connectivity index (χ2v) is 6.46. The fourth-order valence-electron chi connectivity index (χ4n) is 2.17. The second-order valence-electron chi connectivity index (χ2n) is 4.55. The molecule has 2 heterocycles. The van der Waals surface area contributed by atoms with E-state index in [4.69, 9.17) is 0 Å². The van der Waals surface area contributed by atoms with Gasteiger partial charge in [-0.05, 0) is 31.9 Å². The standard InChI is InChI=1S/C11H20N4O2S/c1-2-6-12-10-4-8-15(9-5-10)18(16,17)11-3-7-13-14-11/h3,7,10,12H,2,4-6,8-9H2,1H3,(H,13,14). The molecule has 0 saturated carbocycles. The number of nitrogens with zero attached hydrogens (tertiary/aromatic N) is 2. The number of sulfonamides is 1. The van der Waals surface area contributed by atoms with Crippen molar-refractivity contribution in [1.82, 2.24) is 19.8 Å². The molecular formula is C11H20N4O2S. The molecule has 102 valence electrons. The summed E-state index contributed by atoms with van der Waals surface area (Å²) in [5.41, 5.74) is 0. The molecule has 2 rings (SSSR count). The van der Waals surface area contributed by atoms with Crippen LogP contribution in [0.15, 0.2) is 17.3 Å². The van der Waals surface area contributed by atoms with Crippen LogP contribution in [0.1, 0.15) is 26.2 Å². The van der Waals surface area contributed by atoms with Crippen LogP contribution < -0.4 is 5.32 Å². The Morgan fingerprint density at radius 1 is 1.50 bits per heavy atom. The monoisotopic (exact) mass is 272 g/mol. The Morgan fingerprint density at radius 3 is 2.78 bits per heavy atom. The number of nitrogens with one attached hydrogen (secondary N) is 2. The van der Waals surface area contributed by atoms with Gasteiger partial charge < -0.3 is 5.32 Å². The Bertz CT molecular complexity index is 449. The molecule has 0 aromatic carbocycles. The van der Waals surface area contributed by atoms with Crippen LogP contribution >= 0.6 is 0 Å². The normalized spacial score (nSPS) is 19.2. The summed E-state index contributed by atoms with van der Waals surface area (Å²) < 4.78 is 25.9. The van der Waals surface area contributed by atoms with Crippen molar-refractivity contribution in [2.24, 2.45) is 0 Å². The topological polar surface area (TPSA) is 78.1 Å². The van der Waals surface area contributed by atoms with E-state index in [1.807, 2.05) is 0 Å². The first-order valence-corrected chi connectivity index (χ1v) is 7.81. The molecule has 0 atom stereocenters. The van der Waals surface area contributed by atoms with Gasteiger partial charge in [-0.3, -0.25) is 5.10 Å². The lowest BCUT2D eigenvalue weighted by molar-refractivity contribution is 0.289. The Labute approximate surface area is 108 Å². The number of hydrogen-bond donors (Lipinski definition) is 2. The van der Waals surface area contributed by atoms with Crippen molar-refractivity contribution in [3.05, 3.63) is 12.3 Å². The van der Waals surface area contributed by atoms with Crippen LogP contribution in [0.4, 0.5) is 0 Å². The van der Waals surface area contributed by atoms with Gasteiger partial charge in [0, 0.05) is 19.1 Å². The third-order valence-corrected chi connectivity index (χ3v) is 5.06. The lowest BCUT2D eigenvalue weighted by Gasteiger charge is -2.31. The molecule has 1 aromatic heterocycles. The minimum absolute atomic E-state index is 0.183. The van der Waals surface area contributed by atoms with Crippen molar-refractivity contribution in [3.63, 3.8) is 0 Å². The molecule has 0 bridgehead atoms. The van der Waals surface area contributed by atoms with E-state index in [0.29, 0.717) is 19.1 Å². The summed E-state index contributed by atoms with van der Waals surface area (Å²) in [7, 11) is -3.38. The molecule has 0 unspecified atom stereocenters. The van der Waals surface area contributed by atoms with Crippen molar-refractivity contribution in [2.75, 3.05) is 19.6 Å². The average Bonchev–Trinajstić information content (AvgIpc) is 2.91. The maximum Gasteiger partial charge on any atom is 0.259 e. The fourth-order valence-corrected chi connectivity index (χ4v) is 3.55. The second kappa shape index (κ2) is 5.81. The van der Waals surface area contributed by atoms with E-state index in [1.165, 1.54) is 16.6 Å². The summed E-state index contributed by atoms with van der Waals surface area (Å²) in [5.74, 6) is 0. The van der Waals surface area contributed by atoms with Crippen molar-refractivity contribution < 1.29 is 8.42 Å². The lowest BCUT2D eigenvalue weighted by atomic mass is 10.1. The zero-order valence-corrected chi connectivity index (χ0v) is 11.4. The van der Waals surface area contributed by atoms with E-state index >= 15 is 0 Å². The van der Waals surface area contributed by atoms with Crippen LogP contribution in [0, 0.1) is 0 Å². The molecule has 1 saturated heterocycles. The average molecular weight is 272 g/mol. The highest BCUT2D eigenvalue weighted by Crippen LogP contribution is 2.18. The number of aromatic amines is 1. The molecule has 1 aliphatic rings. The quantitative estimate of drug-likeness (QED) is 0.821. The van der Waals surface area contributed by atoms with Crippen LogP contribution in [-0.2, 0) is 10.0 Å². The van der Waals surface area contributed by atoms with Gasteiger partial charge in [0.2, 0.25) is 0 Å². The number of aromatic nitrogens is 2. The van der Waals surface area contributed by atoms with Gasteiger partial charge in [-0.2, -0.15) is 9.40 Å². The van der Waals surface area contributed by atoms with E-state index in [0.717, 1.165) is 25.8 Å². The largest absolute Gasteiger partial charge is 0.314 e. The minimum atomic E-state index is -3.38. The van der Waals surface area contributed by atoms with E-state index in [2.05, 4.69) is 22.4 Å². The zero-order chi connectivity index (χ0) is 13.0.